The zero-order valence-corrected chi connectivity index (χ0v) is 10.2. The molecule has 1 unspecified atom stereocenters. The standard InChI is InChI=1S/C13H20N2O2/c1-16-12-5-2-4-11(8-12)15-13(9-14)6-3-7-17-10-13/h2,4-5,8,15H,3,6-7,9-10,14H2,1H3. The molecular weight excluding hydrogens is 216 g/mol. The molecule has 17 heavy (non-hydrogen) atoms. The molecule has 1 aliphatic rings. The highest BCUT2D eigenvalue weighted by Crippen LogP contribution is 2.25. The Morgan fingerprint density at radius 1 is 1.53 bits per heavy atom. The minimum atomic E-state index is -0.134. The molecule has 2 rings (SSSR count). The van der Waals surface area contributed by atoms with E-state index >= 15 is 0 Å². The predicted octanol–water partition coefficient (Wildman–Crippen LogP) is 1.61. The zero-order valence-electron chi connectivity index (χ0n) is 10.2. The van der Waals surface area contributed by atoms with Gasteiger partial charge in [0.05, 0.1) is 19.3 Å². The third-order valence-electron chi connectivity index (χ3n) is 3.19. The highest BCUT2D eigenvalue weighted by atomic mass is 16.5. The normalized spacial score (nSPS) is 24.4. The summed E-state index contributed by atoms with van der Waals surface area (Å²) in [5.41, 5.74) is 6.78. The van der Waals surface area contributed by atoms with Gasteiger partial charge in [-0.25, -0.2) is 0 Å². The molecule has 3 N–H and O–H groups in total. The Labute approximate surface area is 102 Å². The summed E-state index contributed by atoms with van der Waals surface area (Å²) in [6.45, 7) is 2.08. The number of rotatable bonds is 4. The van der Waals surface area contributed by atoms with Crippen molar-refractivity contribution in [3.63, 3.8) is 0 Å². The Bertz CT molecular complexity index is 362. The Hall–Kier alpha value is -1.26. The molecule has 1 saturated heterocycles. The van der Waals surface area contributed by atoms with Crippen LogP contribution in [0.1, 0.15) is 12.8 Å². The lowest BCUT2D eigenvalue weighted by Gasteiger charge is -2.37. The Morgan fingerprint density at radius 3 is 3.06 bits per heavy atom. The van der Waals surface area contributed by atoms with Crippen LogP contribution in [0.3, 0.4) is 0 Å². The average Bonchev–Trinajstić information content (AvgIpc) is 2.40. The fourth-order valence-electron chi connectivity index (χ4n) is 2.17. The first-order chi connectivity index (χ1) is 8.28. The molecule has 1 aliphatic heterocycles. The average molecular weight is 236 g/mol. The number of hydrogen-bond acceptors (Lipinski definition) is 4. The molecule has 0 bridgehead atoms. The van der Waals surface area contributed by atoms with Gasteiger partial charge in [0.25, 0.3) is 0 Å². The summed E-state index contributed by atoms with van der Waals surface area (Å²) in [4.78, 5) is 0. The zero-order chi connectivity index (χ0) is 12.1. The number of benzene rings is 1. The third kappa shape index (κ3) is 2.90. The first-order valence-corrected chi connectivity index (χ1v) is 5.98. The molecule has 0 amide bonds. The summed E-state index contributed by atoms with van der Waals surface area (Å²) in [6, 6.07) is 7.90. The lowest BCUT2D eigenvalue weighted by atomic mass is 9.92. The maximum atomic E-state index is 5.88. The number of methoxy groups -OCH3 is 1. The summed E-state index contributed by atoms with van der Waals surface area (Å²) < 4.78 is 10.7. The van der Waals surface area contributed by atoms with E-state index in [0.29, 0.717) is 13.2 Å². The van der Waals surface area contributed by atoms with Gasteiger partial charge in [0, 0.05) is 24.9 Å². The molecule has 1 fully saturated rings. The van der Waals surface area contributed by atoms with Crippen LogP contribution in [0.15, 0.2) is 24.3 Å². The number of anilines is 1. The van der Waals surface area contributed by atoms with E-state index in [1.165, 1.54) is 0 Å². The quantitative estimate of drug-likeness (QED) is 0.834. The topological polar surface area (TPSA) is 56.5 Å². The minimum absolute atomic E-state index is 0.134. The van der Waals surface area contributed by atoms with Crippen LogP contribution in [0, 0.1) is 0 Å². The van der Waals surface area contributed by atoms with Crippen LogP contribution in [0.25, 0.3) is 0 Å². The molecule has 94 valence electrons. The van der Waals surface area contributed by atoms with Crippen molar-refractivity contribution in [2.24, 2.45) is 5.73 Å². The summed E-state index contributed by atoms with van der Waals surface area (Å²) in [5.74, 6) is 0.846. The van der Waals surface area contributed by atoms with Crippen molar-refractivity contribution in [2.45, 2.75) is 18.4 Å². The number of ether oxygens (including phenoxy) is 2. The Morgan fingerprint density at radius 2 is 2.41 bits per heavy atom. The van der Waals surface area contributed by atoms with E-state index in [1.54, 1.807) is 7.11 Å². The molecule has 0 aliphatic carbocycles. The monoisotopic (exact) mass is 236 g/mol. The van der Waals surface area contributed by atoms with Crippen molar-refractivity contribution >= 4 is 5.69 Å². The van der Waals surface area contributed by atoms with Crippen LogP contribution in [0.5, 0.6) is 5.75 Å². The van der Waals surface area contributed by atoms with Gasteiger partial charge in [-0.15, -0.1) is 0 Å². The van der Waals surface area contributed by atoms with Gasteiger partial charge in [0.1, 0.15) is 5.75 Å². The van der Waals surface area contributed by atoms with Crippen molar-refractivity contribution in [3.8, 4) is 5.75 Å². The van der Waals surface area contributed by atoms with Crippen LogP contribution in [-0.4, -0.2) is 32.4 Å². The molecule has 1 aromatic rings. The largest absolute Gasteiger partial charge is 0.497 e. The van der Waals surface area contributed by atoms with E-state index in [9.17, 15) is 0 Å². The van der Waals surface area contributed by atoms with Crippen molar-refractivity contribution in [2.75, 3.05) is 32.2 Å². The van der Waals surface area contributed by atoms with E-state index in [1.807, 2.05) is 24.3 Å². The van der Waals surface area contributed by atoms with E-state index in [2.05, 4.69) is 5.32 Å². The smallest absolute Gasteiger partial charge is 0.120 e. The number of hydrogen-bond donors (Lipinski definition) is 2. The molecule has 0 aromatic heterocycles. The minimum Gasteiger partial charge on any atom is -0.497 e. The van der Waals surface area contributed by atoms with Crippen LogP contribution < -0.4 is 15.8 Å². The van der Waals surface area contributed by atoms with Gasteiger partial charge in [0.2, 0.25) is 0 Å². The fourth-order valence-corrected chi connectivity index (χ4v) is 2.17. The highest BCUT2D eigenvalue weighted by Gasteiger charge is 2.31. The number of nitrogens with one attached hydrogen (secondary N) is 1. The van der Waals surface area contributed by atoms with Crippen molar-refractivity contribution in [1.82, 2.24) is 0 Å². The summed E-state index contributed by atoms with van der Waals surface area (Å²) in [6.07, 6.45) is 2.09. The van der Waals surface area contributed by atoms with E-state index < -0.39 is 0 Å². The van der Waals surface area contributed by atoms with Crippen LogP contribution in [0.4, 0.5) is 5.69 Å². The van der Waals surface area contributed by atoms with Crippen LogP contribution in [0.2, 0.25) is 0 Å². The lowest BCUT2D eigenvalue weighted by Crippen LogP contribution is -2.51. The summed E-state index contributed by atoms with van der Waals surface area (Å²) >= 11 is 0. The molecule has 1 aromatic carbocycles. The third-order valence-corrected chi connectivity index (χ3v) is 3.19. The van der Waals surface area contributed by atoms with E-state index in [0.717, 1.165) is 30.9 Å². The molecule has 1 atom stereocenters. The van der Waals surface area contributed by atoms with Gasteiger partial charge in [-0.3, -0.25) is 0 Å². The van der Waals surface area contributed by atoms with Gasteiger partial charge in [-0.1, -0.05) is 6.07 Å². The molecular formula is C13H20N2O2. The maximum absolute atomic E-state index is 5.88. The number of nitrogens with two attached hydrogens (primary N) is 1. The summed E-state index contributed by atoms with van der Waals surface area (Å²) in [7, 11) is 1.67. The SMILES string of the molecule is COc1cccc(NC2(CN)CCCOC2)c1. The fraction of sp³-hybridized carbons (Fsp3) is 0.538. The predicted molar refractivity (Wildman–Crippen MR) is 68.5 cm³/mol. The molecule has 0 saturated carbocycles. The second-order valence-corrected chi connectivity index (χ2v) is 4.50. The first kappa shape index (κ1) is 12.2. The first-order valence-electron chi connectivity index (χ1n) is 5.98. The van der Waals surface area contributed by atoms with Gasteiger partial charge in [-0.05, 0) is 25.0 Å². The molecule has 1 heterocycles. The van der Waals surface area contributed by atoms with E-state index in [-0.39, 0.29) is 5.54 Å². The van der Waals surface area contributed by atoms with Gasteiger partial charge < -0.3 is 20.5 Å². The molecule has 0 radical (unpaired) electrons. The molecule has 4 nitrogen and oxygen atoms in total. The maximum Gasteiger partial charge on any atom is 0.120 e. The van der Waals surface area contributed by atoms with Gasteiger partial charge >= 0.3 is 0 Å². The van der Waals surface area contributed by atoms with Crippen LogP contribution >= 0.6 is 0 Å². The second-order valence-electron chi connectivity index (χ2n) is 4.50. The molecule has 4 heteroatoms. The highest BCUT2D eigenvalue weighted by molar-refractivity contribution is 5.50. The van der Waals surface area contributed by atoms with Gasteiger partial charge in [-0.2, -0.15) is 0 Å². The van der Waals surface area contributed by atoms with Crippen LogP contribution in [-0.2, 0) is 4.74 Å². The van der Waals surface area contributed by atoms with Crippen molar-refractivity contribution in [3.05, 3.63) is 24.3 Å². The van der Waals surface area contributed by atoms with Gasteiger partial charge in [0.15, 0.2) is 0 Å². The second kappa shape index (κ2) is 5.38. The van der Waals surface area contributed by atoms with E-state index in [4.69, 9.17) is 15.2 Å². The Kier molecular flexibility index (Phi) is 3.86. The van der Waals surface area contributed by atoms with Crippen molar-refractivity contribution < 1.29 is 9.47 Å². The molecule has 0 spiro atoms. The Balaban J connectivity index is 2.11. The van der Waals surface area contributed by atoms with Crippen molar-refractivity contribution in [1.29, 1.82) is 0 Å². The lowest BCUT2D eigenvalue weighted by molar-refractivity contribution is 0.0502. The summed E-state index contributed by atoms with van der Waals surface area (Å²) in [5, 5.41) is 3.49.